The summed E-state index contributed by atoms with van der Waals surface area (Å²) in [6, 6.07) is 5.25. The lowest BCUT2D eigenvalue weighted by Gasteiger charge is -2.12. The third kappa shape index (κ3) is 2.01. The van der Waals surface area contributed by atoms with Crippen molar-refractivity contribution >= 4 is 27.5 Å². The zero-order valence-corrected chi connectivity index (χ0v) is 9.13. The van der Waals surface area contributed by atoms with Gasteiger partial charge in [-0.3, -0.25) is 4.79 Å². The van der Waals surface area contributed by atoms with E-state index in [4.69, 9.17) is 5.73 Å². The number of nitrogens with two attached hydrogens (primary N) is 1. The monoisotopic (exact) mass is 242 g/mol. The highest BCUT2D eigenvalue weighted by atomic mass is 79.9. The summed E-state index contributed by atoms with van der Waals surface area (Å²) < 4.78 is 0.661. The molecular formula is C9H11BrN2O. The van der Waals surface area contributed by atoms with Crippen molar-refractivity contribution in [2.75, 3.05) is 19.8 Å². The normalized spacial score (nSPS) is 9.77. The third-order valence-electron chi connectivity index (χ3n) is 1.67. The molecule has 0 atom stereocenters. The predicted octanol–water partition coefficient (Wildman–Crippen LogP) is 1.73. The molecule has 0 unspecified atom stereocenters. The van der Waals surface area contributed by atoms with Gasteiger partial charge in [0.05, 0.1) is 10.0 Å². The van der Waals surface area contributed by atoms with Gasteiger partial charge in [-0.15, -0.1) is 0 Å². The van der Waals surface area contributed by atoms with Gasteiger partial charge in [-0.1, -0.05) is 6.07 Å². The fourth-order valence-electron chi connectivity index (χ4n) is 0.956. The van der Waals surface area contributed by atoms with E-state index in [0.717, 1.165) is 0 Å². The van der Waals surface area contributed by atoms with Crippen molar-refractivity contribution in [1.82, 2.24) is 4.90 Å². The average Bonchev–Trinajstić information content (AvgIpc) is 2.08. The van der Waals surface area contributed by atoms with Gasteiger partial charge in [0.2, 0.25) is 0 Å². The lowest BCUT2D eigenvalue weighted by molar-refractivity contribution is 0.0827. The van der Waals surface area contributed by atoms with Gasteiger partial charge in [-0.25, -0.2) is 0 Å². The highest BCUT2D eigenvalue weighted by Gasteiger charge is 2.12. The number of hydrogen-bond donors (Lipinski definition) is 1. The Kier molecular flexibility index (Phi) is 2.93. The number of rotatable bonds is 1. The molecular weight excluding hydrogens is 232 g/mol. The molecule has 0 saturated carbocycles. The van der Waals surface area contributed by atoms with Crippen LogP contribution in [0.2, 0.25) is 0 Å². The number of hydrogen-bond acceptors (Lipinski definition) is 2. The molecule has 0 aromatic heterocycles. The first-order valence-electron chi connectivity index (χ1n) is 3.79. The first-order valence-corrected chi connectivity index (χ1v) is 4.59. The summed E-state index contributed by atoms with van der Waals surface area (Å²) in [4.78, 5) is 13.1. The number of anilines is 1. The summed E-state index contributed by atoms with van der Waals surface area (Å²) >= 11 is 3.28. The fraction of sp³-hybridized carbons (Fsp3) is 0.222. The second-order valence-corrected chi connectivity index (χ2v) is 3.70. The topological polar surface area (TPSA) is 46.3 Å². The SMILES string of the molecule is CN(C)C(=O)c1cccc(N)c1Br. The summed E-state index contributed by atoms with van der Waals surface area (Å²) in [5, 5.41) is 0. The molecule has 3 nitrogen and oxygen atoms in total. The molecule has 0 bridgehead atoms. The standard InChI is InChI=1S/C9H11BrN2O/c1-12(2)9(13)6-4-3-5-7(11)8(6)10/h3-5H,11H2,1-2H3. The van der Waals surface area contributed by atoms with Crippen molar-refractivity contribution in [3.05, 3.63) is 28.2 Å². The van der Waals surface area contributed by atoms with Crippen LogP contribution in [0, 0.1) is 0 Å². The molecule has 1 amide bonds. The van der Waals surface area contributed by atoms with Gasteiger partial charge >= 0.3 is 0 Å². The van der Waals surface area contributed by atoms with Crippen molar-refractivity contribution < 1.29 is 4.79 Å². The van der Waals surface area contributed by atoms with Crippen molar-refractivity contribution in [2.24, 2.45) is 0 Å². The fourth-order valence-corrected chi connectivity index (χ4v) is 1.39. The number of nitrogens with zero attached hydrogens (tertiary/aromatic N) is 1. The van der Waals surface area contributed by atoms with Crippen LogP contribution < -0.4 is 5.73 Å². The van der Waals surface area contributed by atoms with Crippen LogP contribution in [-0.4, -0.2) is 24.9 Å². The molecule has 2 N–H and O–H groups in total. The second kappa shape index (κ2) is 3.79. The van der Waals surface area contributed by atoms with Gasteiger partial charge in [0.25, 0.3) is 5.91 Å². The van der Waals surface area contributed by atoms with Crippen LogP contribution in [0.3, 0.4) is 0 Å². The molecule has 0 aliphatic carbocycles. The summed E-state index contributed by atoms with van der Waals surface area (Å²) in [6.07, 6.45) is 0. The lowest BCUT2D eigenvalue weighted by atomic mass is 10.2. The van der Waals surface area contributed by atoms with Crippen LogP contribution in [0.25, 0.3) is 0 Å². The van der Waals surface area contributed by atoms with E-state index in [1.54, 1.807) is 32.3 Å². The Balaban J connectivity index is 3.15. The van der Waals surface area contributed by atoms with Gasteiger partial charge in [0.15, 0.2) is 0 Å². The zero-order chi connectivity index (χ0) is 10.0. The minimum atomic E-state index is -0.0563. The first-order chi connectivity index (χ1) is 6.04. The first kappa shape index (κ1) is 10.1. The average molecular weight is 243 g/mol. The minimum Gasteiger partial charge on any atom is -0.398 e. The highest BCUT2D eigenvalue weighted by Crippen LogP contribution is 2.24. The number of amides is 1. The Labute approximate surface area is 85.7 Å². The van der Waals surface area contributed by atoms with Crippen LogP contribution in [0.15, 0.2) is 22.7 Å². The summed E-state index contributed by atoms with van der Waals surface area (Å²) in [7, 11) is 3.41. The molecule has 1 aromatic carbocycles. The smallest absolute Gasteiger partial charge is 0.254 e. The van der Waals surface area contributed by atoms with E-state index in [-0.39, 0.29) is 5.91 Å². The number of nitrogen functional groups attached to an aromatic ring is 1. The van der Waals surface area contributed by atoms with Gasteiger partial charge in [0, 0.05) is 19.8 Å². The van der Waals surface area contributed by atoms with Crippen LogP contribution in [-0.2, 0) is 0 Å². The van der Waals surface area contributed by atoms with Gasteiger partial charge < -0.3 is 10.6 Å². The van der Waals surface area contributed by atoms with Crippen molar-refractivity contribution in [2.45, 2.75) is 0 Å². The summed E-state index contributed by atoms with van der Waals surface area (Å²) in [5.74, 6) is -0.0563. The van der Waals surface area contributed by atoms with E-state index in [0.29, 0.717) is 15.7 Å². The maximum absolute atomic E-state index is 11.6. The Morgan fingerprint density at radius 1 is 1.46 bits per heavy atom. The van der Waals surface area contributed by atoms with Crippen molar-refractivity contribution in [1.29, 1.82) is 0 Å². The predicted molar refractivity (Wildman–Crippen MR) is 56.6 cm³/mol. The van der Waals surface area contributed by atoms with Crippen LogP contribution in [0.1, 0.15) is 10.4 Å². The van der Waals surface area contributed by atoms with E-state index in [1.807, 2.05) is 0 Å². The second-order valence-electron chi connectivity index (χ2n) is 2.91. The number of carbonyl (C=O) groups is 1. The van der Waals surface area contributed by atoms with Crippen LogP contribution in [0.4, 0.5) is 5.69 Å². The van der Waals surface area contributed by atoms with Gasteiger partial charge in [-0.2, -0.15) is 0 Å². The van der Waals surface area contributed by atoms with E-state index < -0.39 is 0 Å². The molecule has 0 radical (unpaired) electrons. The summed E-state index contributed by atoms with van der Waals surface area (Å²) in [6.45, 7) is 0. The number of benzene rings is 1. The maximum Gasteiger partial charge on any atom is 0.254 e. The Bertz CT molecular complexity index is 336. The minimum absolute atomic E-state index is 0.0563. The molecule has 70 valence electrons. The van der Waals surface area contributed by atoms with Crippen molar-refractivity contribution in [3.8, 4) is 0 Å². The maximum atomic E-state index is 11.6. The van der Waals surface area contributed by atoms with E-state index >= 15 is 0 Å². The third-order valence-corrected chi connectivity index (χ3v) is 2.55. The molecule has 0 aliphatic rings. The molecule has 0 aliphatic heterocycles. The Hall–Kier alpha value is -1.03. The largest absolute Gasteiger partial charge is 0.398 e. The van der Waals surface area contributed by atoms with E-state index in [2.05, 4.69) is 15.9 Å². The van der Waals surface area contributed by atoms with Crippen LogP contribution >= 0.6 is 15.9 Å². The van der Waals surface area contributed by atoms with E-state index in [9.17, 15) is 4.79 Å². The molecule has 0 saturated heterocycles. The molecule has 0 fully saturated rings. The number of carbonyl (C=O) groups excluding carboxylic acids is 1. The molecule has 1 rings (SSSR count). The lowest BCUT2D eigenvalue weighted by Crippen LogP contribution is -2.22. The van der Waals surface area contributed by atoms with Crippen molar-refractivity contribution in [3.63, 3.8) is 0 Å². The molecule has 1 aromatic rings. The summed E-state index contributed by atoms with van der Waals surface area (Å²) in [5.41, 5.74) is 6.81. The molecule has 4 heteroatoms. The zero-order valence-electron chi connectivity index (χ0n) is 7.54. The van der Waals surface area contributed by atoms with Gasteiger partial charge in [0.1, 0.15) is 0 Å². The Morgan fingerprint density at radius 2 is 2.08 bits per heavy atom. The van der Waals surface area contributed by atoms with E-state index in [1.165, 1.54) is 4.90 Å². The van der Waals surface area contributed by atoms with Crippen LogP contribution in [0.5, 0.6) is 0 Å². The Morgan fingerprint density at radius 3 is 2.62 bits per heavy atom. The molecule has 0 heterocycles. The molecule has 0 spiro atoms. The quantitative estimate of drug-likeness (QED) is 0.763. The number of halogens is 1. The van der Waals surface area contributed by atoms with Gasteiger partial charge in [-0.05, 0) is 28.1 Å². The highest BCUT2D eigenvalue weighted by molar-refractivity contribution is 9.10. The molecule has 13 heavy (non-hydrogen) atoms.